The van der Waals surface area contributed by atoms with Gasteiger partial charge in [-0.25, -0.2) is 4.39 Å². The van der Waals surface area contributed by atoms with Crippen molar-refractivity contribution in [3.63, 3.8) is 0 Å². The molecule has 39 heavy (non-hydrogen) atoms. The predicted molar refractivity (Wildman–Crippen MR) is 155 cm³/mol. The number of aromatic nitrogens is 2. The molecule has 1 saturated heterocycles. The lowest BCUT2D eigenvalue weighted by atomic mass is 9.96. The third-order valence-corrected chi connectivity index (χ3v) is 7.34. The van der Waals surface area contributed by atoms with Crippen LogP contribution in [0.15, 0.2) is 72.9 Å². The summed E-state index contributed by atoms with van der Waals surface area (Å²) in [5.74, 6) is 0.162. The number of nitrogens with zero attached hydrogens (tertiary/aromatic N) is 3. The molecule has 1 amide bonds. The van der Waals surface area contributed by atoms with E-state index in [1.807, 2.05) is 43.3 Å². The van der Waals surface area contributed by atoms with Crippen LogP contribution in [0.3, 0.4) is 0 Å². The number of carbonyl (C=O) groups is 1. The second kappa shape index (κ2) is 10.9. The van der Waals surface area contributed by atoms with E-state index in [1.54, 1.807) is 32.4 Å². The number of anilines is 2. The Labute approximate surface area is 232 Å². The predicted octanol–water partition coefficient (Wildman–Crippen LogP) is 6.16. The maximum Gasteiger partial charge on any atom is 0.224 e. The van der Waals surface area contributed by atoms with Gasteiger partial charge in [0.05, 0.1) is 30.6 Å². The Hall–Kier alpha value is -4.24. The Morgan fingerprint density at radius 2 is 1.85 bits per heavy atom. The van der Waals surface area contributed by atoms with Crippen LogP contribution in [0.1, 0.15) is 48.1 Å². The Morgan fingerprint density at radius 3 is 2.51 bits per heavy atom. The first-order valence-electron chi connectivity index (χ1n) is 12.8. The van der Waals surface area contributed by atoms with Crippen molar-refractivity contribution in [3.05, 3.63) is 101 Å². The van der Waals surface area contributed by atoms with Crippen LogP contribution in [0.5, 0.6) is 5.75 Å². The molecule has 1 aliphatic heterocycles. The van der Waals surface area contributed by atoms with E-state index in [-0.39, 0.29) is 23.8 Å². The minimum absolute atomic E-state index is 0.0965. The third-order valence-electron chi connectivity index (χ3n) is 7.03. The zero-order valence-corrected chi connectivity index (χ0v) is 23.1. The number of halogens is 1. The number of pyridine rings is 1. The number of nitrogens with one attached hydrogen (secondary N) is 2. The molecule has 2 aromatic carbocycles. The molecule has 0 bridgehead atoms. The second-order valence-corrected chi connectivity index (χ2v) is 9.81. The average Bonchev–Trinajstić information content (AvgIpc) is 3.44. The van der Waals surface area contributed by atoms with Crippen molar-refractivity contribution in [2.45, 2.75) is 39.3 Å². The molecule has 5 rings (SSSR count). The highest BCUT2D eigenvalue weighted by Gasteiger charge is 2.42. The van der Waals surface area contributed by atoms with Gasteiger partial charge in [0.1, 0.15) is 11.6 Å². The summed E-state index contributed by atoms with van der Waals surface area (Å²) >= 11 is 5.90. The van der Waals surface area contributed by atoms with Crippen LogP contribution >= 0.6 is 12.2 Å². The number of ether oxygens (including phenoxy) is 1. The molecule has 0 saturated carbocycles. The zero-order chi connectivity index (χ0) is 27.7. The zero-order valence-electron chi connectivity index (χ0n) is 22.2. The van der Waals surface area contributed by atoms with Crippen LogP contribution < -0.4 is 20.3 Å². The fourth-order valence-electron chi connectivity index (χ4n) is 5.20. The normalized spacial score (nSPS) is 16.7. The highest BCUT2D eigenvalue weighted by Crippen LogP contribution is 2.45. The quantitative estimate of drug-likeness (QED) is 0.272. The fraction of sp³-hybridized carbons (Fsp3) is 0.233. The molecule has 9 heteroatoms. The first kappa shape index (κ1) is 26.4. The Bertz CT molecular complexity index is 1520. The smallest absolute Gasteiger partial charge is 0.224 e. The van der Waals surface area contributed by atoms with Gasteiger partial charge in [0.2, 0.25) is 5.91 Å². The van der Waals surface area contributed by atoms with E-state index in [1.165, 1.54) is 12.1 Å². The maximum atomic E-state index is 13.7. The van der Waals surface area contributed by atoms with E-state index in [2.05, 4.69) is 38.1 Å². The van der Waals surface area contributed by atoms with Gasteiger partial charge in [-0.2, -0.15) is 0 Å². The first-order valence-corrected chi connectivity index (χ1v) is 13.2. The van der Waals surface area contributed by atoms with Gasteiger partial charge in [-0.1, -0.05) is 13.0 Å². The molecule has 1 aliphatic rings. The monoisotopic (exact) mass is 543 g/mol. The number of rotatable bonds is 7. The van der Waals surface area contributed by atoms with E-state index < -0.39 is 0 Å². The van der Waals surface area contributed by atoms with E-state index in [0.717, 1.165) is 34.0 Å². The van der Waals surface area contributed by atoms with Gasteiger partial charge in [0, 0.05) is 41.4 Å². The Balaban J connectivity index is 1.64. The molecule has 4 aromatic rings. The highest BCUT2D eigenvalue weighted by atomic mass is 32.1. The van der Waals surface area contributed by atoms with Crippen molar-refractivity contribution in [1.29, 1.82) is 0 Å². The molecular formula is C30H30FN5O2S. The largest absolute Gasteiger partial charge is 0.494 e. The van der Waals surface area contributed by atoms with E-state index in [9.17, 15) is 9.18 Å². The maximum absolute atomic E-state index is 13.7. The number of amides is 1. The van der Waals surface area contributed by atoms with Crippen molar-refractivity contribution in [2.75, 3.05) is 17.3 Å². The lowest BCUT2D eigenvalue weighted by molar-refractivity contribution is -0.115. The van der Waals surface area contributed by atoms with Gasteiger partial charge in [-0.05, 0) is 86.2 Å². The Morgan fingerprint density at radius 1 is 1.10 bits per heavy atom. The molecule has 3 heterocycles. The van der Waals surface area contributed by atoms with Gasteiger partial charge in [-0.3, -0.25) is 9.78 Å². The highest BCUT2D eigenvalue weighted by molar-refractivity contribution is 7.80. The van der Waals surface area contributed by atoms with Crippen LogP contribution in [0.25, 0.3) is 5.69 Å². The summed E-state index contributed by atoms with van der Waals surface area (Å²) in [6, 6.07) is 19.6. The lowest BCUT2D eigenvalue weighted by Gasteiger charge is -2.29. The summed E-state index contributed by atoms with van der Waals surface area (Å²) < 4.78 is 21.4. The standard InChI is InChI=1S/C30H30FN5O2S/c1-5-27(37)33-24-14-13-22(17-26(24)38-4)36-29(28(34-30(36)39)25-8-6-7-15-32-25)23-16-18(2)35(19(23)3)21-11-9-20(31)10-12-21/h6-17,28-29H,5H2,1-4H3,(H,33,37)(H,34,39)/t28-,29-/m1/s1. The van der Waals surface area contributed by atoms with Crippen LogP contribution in [-0.2, 0) is 4.79 Å². The molecule has 2 atom stereocenters. The summed E-state index contributed by atoms with van der Waals surface area (Å²) in [7, 11) is 1.58. The number of aryl methyl sites for hydroxylation is 1. The van der Waals surface area contributed by atoms with Gasteiger partial charge < -0.3 is 24.8 Å². The van der Waals surface area contributed by atoms with E-state index in [4.69, 9.17) is 17.0 Å². The van der Waals surface area contributed by atoms with E-state index >= 15 is 0 Å². The van der Waals surface area contributed by atoms with Gasteiger partial charge in [-0.15, -0.1) is 0 Å². The first-order chi connectivity index (χ1) is 18.8. The Kier molecular flexibility index (Phi) is 7.34. The van der Waals surface area contributed by atoms with Crippen LogP contribution in [0.4, 0.5) is 15.8 Å². The average molecular weight is 544 g/mol. The van der Waals surface area contributed by atoms with Crippen LogP contribution in [0.2, 0.25) is 0 Å². The molecule has 0 spiro atoms. The molecule has 0 unspecified atom stereocenters. The summed E-state index contributed by atoms with van der Waals surface area (Å²) in [4.78, 5) is 18.8. The second-order valence-electron chi connectivity index (χ2n) is 9.42. The fourth-order valence-corrected chi connectivity index (χ4v) is 5.54. The van der Waals surface area contributed by atoms with Crippen LogP contribution in [-0.4, -0.2) is 27.7 Å². The number of benzene rings is 2. The number of carbonyl (C=O) groups excluding carboxylic acids is 1. The molecule has 200 valence electrons. The van der Waals surface area contributed by atoms with Crippen LogP contribution in [0, 0.1) is 19.7 Å². The molecule has 1 fully saturated rings. The number of hydrogen-bond donors (Lipinski definition) is 2. The molecule has 2 aromatic heterocycles. The SMILES string of the molecule is CCC(=O)Nc1ccc(N2C(=S)N[C@H](c3ccccn3)[C@H]2c2cc(C)n(-c3ccc(F)cc3)c2C)cc1OC. The topological polar surface area (TPSA) is 71.4 Å². The van der Waals surface area contributed by atoms with E-state index in [0.29, 0.717) is 23.0 Å². The molecule has 0 aliphatic carbocycles. The summed E-state index contributed by atoms with van der Waals surface area (Å²) in [6.45, 7) is 5.90. The summed E-state index contributed by atoms with van der Waals surface area (Å²) in [5.41, 5.74) is 6.24. The van der Waals surface area contributed by atoms with Crippen molar-refractivity contribution in [2.24, 2.45) is 0 Å². The van der Waals surface area contributed by atoms with Gasteiger partial charge >= 0.3 is 0 Å². The number of hydrogen-bond acceptors (Lipinski definition) is 4. The van der Waals surface area contributed by atoms with Gasteiger partial charge in [0.25, 0.3) is 0 Å². The molecule has 2 N–H and O–H groups in total. The van der Waals surface area contributed by atoms with Crippen molar-refractivity contribution >= 4 is 34.6 Å². The third kappa shape index (κ3) is 4.97. The van der Waals surface area contributed by atoms with Crippen molar-refractivity contribution < 1.29 is 13.9 Å². The van der Waals surface area contributed by atoms with Crippen molar-refractivity contribution in [1.82, 2.24) is 14.9 Å². The number of thiocarbonyl (C=S) groups is 1. The summed E-state index contributed by atoms with van der Waals surface area (Å²) in [6.07, 6.45) is 2.14. The number of methoxy groups -OCH3 is 1. The minimum atomic E-state index is -0.277. The van der Waals surface area contributed by atoms with Gasteiger partial charge in [0.15, 0.2) is 5.11 Å². The lowest BCUT2D eigenvalue weighted by Crippen LogP contribution is -2.29. The molecular weight excluding hydrogens is 513 g/mol. The molecule has 0 radical (unpaired) electrons. The van der Waals surface area contributed by atoms with Crippen molar-refractivity contribution in [3.8, 4) is 11.4 Å². The summed E-state index contributed by atoms with van der Waals surface area (Å²) in [5, 5.41) is 6.93. The minimum Gasteiger partial charge on any atom is -0.494 e. The molecule has 7 nitrogen and oxygen atoms in total.